The van der Waals surface area contributed by atoms with Crippen molar-refractivity contribution >= 4 is 75.4 Å². The number of carbonyl (C=O) groups excluding carboxylic acids is 2. The fourth-order valence-corrected chi connectivity index (χ4v) is 10.4. The molecule has 8 rings (SSSR count). The number of pyridine rings is 2. The summed E-state index contributed by atoms with van der Waals surface area (Å²) < 4.78 is 56.2. The molecule has 70 heavy (non-hydrogen) atoms. The second-order valence-corrected chi connectivity index (χ2v) is 22.2. The Kier molecular flexibility index (Phi) is 16.2. The molecule has 2 saturated heterocycles. The number of aromatic amines is 1. The molecule has 0 spiro atoms. The molecule has 2 aliphatic heterocycles. The van der Waals surface area contributed by atoms with Crippen LogP contribution in [0.1, 0.15) is 76.2 Å². The van der Waals surface area contributed by atoms with Crippen molar-refractivity contribution in [2.75, 3.05) is 82.2 Å². The van der Waals surface area contributed by atoms with Crippen molar-refractivity contribution in [2.24, 2.45) is 5.41 Å². The predicted molar refractivity (Wildman–Crippen MR) is 274 cm³/mol. The van der Waals surface area contributed by atoms with Crippen LogP contribution < -0.4 is 19.7 Å². The van der Waals surface area contributed by atoms with Gasteiger partial charge in [-0.05, 0) is 148 Å². The topological polar surface area (TPSA) is 131 Å². The summed E-state index contributed by atoms with van der Waals surface area (Å²) in [7, 11) is 0. The number of nitrogens with zero attached hydrogens (tertiary/aromatic N) is 6. The van der Waals surface area contributed by atoms with Gasteiger partial charge in [-0.1, -0.05) is 43.2 Å². The molecule has 2 fully saturated rings. The standard InChI is InChI=1S/C51H61ClF3N9O4S2/c1-49(2,3)68-48(66)64-27-21-61(22-28-64)20-6-18-56-42-13-11-39(30-43(42)69-51(53,54)55)70-60-46(65)40-12-14-44(59-47(40)67-38-29-35-16-19-57-45(35)58-32-38)63-25-23-62(24-26-63)33-36-15-17-50(4,5)31-41(36)34-7-9-37(52)10-8-34/h7-14,16,19,29-30,32,56H,6,15,17-18,20-28,31,33H2,1-5H3,(H,57,58)(H,60,65). The zero-order valence-corrected chi connectivity index (χ0v) is 42.6. The zero-order valence-electron chi connectivity index (χ0n) is 40.3. The van der Waals surface area contributed by atoms with Crippen LogP contribution in [0.2, 0.25) is 5.02 Å². The van der Waals surface area contributed by atoms with E-state index >= 15 is 0 Å². The Morgan fingerprint density at radius 3 is 2.39 bits per heavy atom. The fourth-order valence-electron chi connectivity index (χ4n) is 8.90. The number of piperazine rings is 2. The monoisotopic (exact) mass is 1020 g/mol. The van der Waals surface area contributed by atoms with E-state index in [0.717, 1.165) is 80.9 Å². The van der Waals surface area contributed by atoms with Gasteiger partial charge in [-0.15, -0.1) is 0 Å². The van der Waals surface area contributed by atoms with Gasteiger partial charge in [0.15, 0.2) is 0 Å². The van der Waals surface area contributed by atoms with Crippen LogP contribution in [0.15, 0.2) is 94.5 Å². The molecule has 0 atom stereocenters. The first-order valence-electron chi connectivity index (χ1n) is 23.7. The number of hydrogen-bond acceptors (Lipinski definition) is 12. The van der Waals surface area contributed by atoms with Gasteiger partial charge in [-0.25, -0.2) is 9.78 Å². The number of thioether (sulfide) groups is 1. The molecule has 3 aliphatic rings. The summed E-state index contributed by atoms with van der Waals surface area (Å²) in [4.78, 5) is 47.9. The molecular weight excluding hydrogens is 959 g/mol. The Morgan fingerprint density at radius 1 is 0.914 bits per heavy atom. The largest absolute Gasteiger partial charge is 0.446 e. The predicted octanol–water partition coefficient (Wildman–Crippen LogP) is 11.6. The molecule has 19 heteroatoms. The lowest BCUT2D eigenvalue weighted by molar-refractivity contribution is -0.0328. The van der Waals surface area contributed by atoms with Gasteiger partial charge in [-0.3, -0.25) is 19.3 Å². The van der Waals surface area contributed by atoms with Crippen LogP contribution in [0.4, 0.5) is 29.5 Å². The third kappa shape index (κ3) is 14.0. The summed E-state index contributed by atoms with van der Waals surface area (Å²) in [6.07, 6.45) is 6.91. The Hall–Kier alpha value is -5.14. The van der Waals surface area contributed by atoms with Gasteiger partial charge in [0, 0.05) is 97.5 Å². The van der Waals surface area contributed by atoms with E-state index in [-0.39, 0.29) is 39.6 Å². The van der Waals surface area contributed by atoms with Gasteiger partial charge in [0.25, 0.3) is 5.91 Å². The average molecular weight is 1020 g/mol. The second kappa shape index (κ2) is 22.1. The van der Waals surface area contributed by atoms with Crippen LogP contribution in [-0.4, -0.2) is 125 Å². The van der Waals surface area contributed by atoms with Crippen molar-refractivity contribution in [3.63, 3.8) is 0 Å². The normalized spacial score (nSPS) is 17.2. The highest BCUT2D eigenvalue weighted by Crippen LogP contribution is 2.44. The third-order valence-corrected chi connectivity index (χ3v) is 14.4. The molecular formula is C51H61ClF3N9O4S2. The molecule has 5 heterocycles. The number of amides is 2. The van der Waals surface area contributed by atoms with Gasteiger partial charge >= 0.3 is 11.6 Å². The molecule has 1 aliphatic carbocycles. The van der Waals surface area contributed by atoms with E-state index in [1.165, 1.54) is 22.8 Å². The number of aromatic nitrogens is 3. The minimum Gasteiger partial charge on any atom is -0.444 e. The van der Waals surface area contributed by atoms with E-state index in [0.29, 0.717) is 66.9 Å². The Labute approximate surface area is 421 Å². The molecule has 0 bridgehead atoms. The smallest absolute Gasteiger partial charge is 0.444 e. The van der Waals surface area contributed by atoms with E-state index in [2.05, 4.69) is 60.7 Å². The highest BCUT2D eigenvalue weighted by molar-refractivity contribution is 8.00. The van der Waals surface area contributed by atoms with Crippen LogP contribution in [-0.2, 0) is 4.74 Å². The molecule has 0 unspecified atom stereocenters. The summed E-state index contributed by atoms with van der Waals surface area (Å²) in [5.41, 5.74) is 0.438. The number of fused-ring (bicyclic) bond motifs is 1. The molecule has 5 aromatic rings. The van der Waals surface area contributed by atoms with E-state index in [9.17, 15) is 22.8 Å². The molecule has 2 aromatic carbocycles. The van der Waals surface area contributed by atoms with Crippen molar-refractivity contribution in [2.45, 2.75) is 81.2 Å². The lowest BCUT2D eigenvalue weighted by Gasteiger charge is -2.39. The van der Waals surface area contributed by atoms with Gasteiger partial charge in [0.05, 0.1) is 6.20 Å². The number of nitrogens with one attached hydrogen (secondary N) is 3. The number of alkyl halides is 3. The number of allylic oxidation sites excluding steroid dienone is 1. The number of rotatable bonds is 15. The molecule has 374 valence electrons. The van der Waals surface area contributed by atoms with Gasteiger partial charge in [0.1, 0.15) is 28.4 Å². The average Bonchev–Trinajstić information content (AvgIpc) is 3.78. The Bertz CT molecular complexity index is 2660. The van der Waals surface area contributed by atoms with E-state index in [4.69, 9.17) is 26.1 Å². The van der Waals surface area contributed by atoms with Crippen molar-refractivity contribution in [3.8, 4) is 11.6 Å². The molecule has 13 nitrogen and oxygen atoms in total. The summed E-state index contributed by atoms with van der Waals surface area (Å²) in [6.45, 7) is 17.8. The second-order valence-electron chi connectivity index (χ2n) is 19.7. The number of hydrogen-bond donors (Lipinski definition) is 3. The SMILES string of the molecule is CC1(C)CCC(CN2CCN(c3ccc(C(=O)NSc4ccc(NCCCN5CCN(C(=O)OC(C)(C)C)CC5)c(SC(F)(F)F)c4)c(Oc4cnc5[nH]ccc5c4)n3)CC2)=C(c2ccc(Cl)cc2)C1. The number of anilines is 2. The first-order chi connectivity index (χ1) is 33.3. The first kappa shape index (κ1) is 51.2. The Morgan fingerprint density at radius 2 is 1.66 bits per heavy atom. The summed E-state index contributed by atoms with van der Waals surface area (Å²) in [6, 6.07) is 20.1. The number of benzene rings is 2. The third-order valence-electron chi connectivity index (χ3n) is 12.6. The van der Waals surface area contributed by atoms with Crippen LogP contribution >= 0.6 is 35.3 Å². The zero-order chi connectivity index (χ0) is 49.6. The quantitative estimate of drug-likeness (QED) is 0.0524. The van der Waals surface area contributed by atoms with Crippen molar-refractivity contribution in [3.05, 3.63) is 101 Å². The van der Waals surface area contributed by atoms with Crippen molar-refractivity contribution < 1.29 is 32.2 Å². The molecule has 0 radical (unpaired) electrons. The van der Waals surface area contributed by atoms with Crippen molar-refractivity contribution in [1.29, 1.82) is 0 Å². The van der Waals surface area contributed by atoms with E-state index in [1.807, 2.05) is 51.1 Å². The maximum absolute atomic E-state index is 14.0. The first-order valence-corrected chi connectivity index (χ1v) is 25.7. The fraction of sp³-hybridized carbons (Fsp3) is 0.451. The number of ether oxygens (including phenoxy) is 2. The van der Waals surface area contributed by atoms with Gasteiger partial charge < -0.3 is 29.6 Å². The highest BCUT2D eigenvalue weighted by Gasteiger charge is 2.32. The van der Waals surface area contributed by atoms with Crippen LogP contribution in [0.25, 0.3) is 16.6 Å². The lowest BCUT2D eigenvalue weighted by atomic mass is 9.72. The summed E-state index contributed by atoms with van der Waals surface area (Å²) in [5.74, 6) is 0.600. The molecule has 2 amide bonds. The van der Waals surface area contributed by atoms with E-state index < -0.39 is 17.0 Å². The van der Waals surface area contributed by atoms with E-state index in [1.54, 1.807) is 35.5 Å². The van der Waals surface area contributed by atoms with Crippen LogP contribution in [0.3, 0.4) is 0 Å². The minimum absolute atomic E-state index is 0.0121. The minimum atomic E-state index is -4.53. The van der Waals surface area contributed by atoms with Gasteiger partial charge in [-0.2, -0.15) is 18.2 Å². The maximum atomic E-state index is 14.0. The van der Waals surface area contributed by atoms with Gasteiger partial charge in [0.2, 0.25) is 5.88 Å². The van der Waals surface area contributed by atoms with Crippen LogP contribution in [0.5, 0.6) is 11.6 Å². The Balaban J connectivity index is 0.910. The van der Waals surface area contributed by atoms with Crippen molar-refractivity contribution in [1.82, 2.24) is 34.4 Å². The molecule has 0 saturated carbocycles. The number of carbonyl (C=O) groups is 2. The maximum Gasteiger partial charge on any atom is 0.446 e. The summed E-state index contributed by atoms with van der Waals surface area (Å²) >= 11 is 6.96. The number of halogens is 4. The highest BCUT2D eigenvalue weighted by atomic mass is 35.5. The number of H-pyrrole nitrogens is 1. The lowest BCUT2D eigenvalue weighted by Crippen LogP contribution is -2.50. The molecule has 3 aromatic heterocycles. The summed E-state index contributed by atoms with van der Waals surface area (Å²) in [5, 5.41) is 4.73. The molecule has 3 N–H and O–H groups in total. The van der Waals surface area contributed by atoms with Crippen LogP contribution in [0, 0.1) is 5.41 Å².